The summed E-state index contributed by atoms with van der Waals surface area (Å²) in [5.74, 6) is 0.650. The highest BCUT2D eigenvalue weighted by molar-refractivity contribution is 14.0. The van der Waals surface area contributed by atoms with E-state index >= 15 is 0 Å². The Kier molecular flexibility index (Phi) is 11.5. The molecule has 0 aromatic rings. The van der Waals surface area contributed by atoms with E-state index in [1.807, 2.05) is 6.92 Å². The number of ether oxygens (including phenoxy) is 1. The summed E-state index contributed by atoms with van der Waals surface area (Å²) in [5.41, 5.74) is 0. The number of hydrogen-bond acceptors (Lipinski definition) is 5. The van der Waals surface area contributed by atoms with Crippen LogP contribution in [0.25, 0.3) is 0 Å². The molecule has 1 aliphatic heterocycles. The first-order chi connectivity index (χ1) is 10.9. The third-order valence-corrected chi connectivity index (χ3v) is 4.36. The second kappa shape index (κ2) is 11.9. The summed E-state index contributed by atoms with van der Waals surface area (Å²) in [5, 5.41) is 3.22. The number of likely N-dealkylation sites (tertiary alicyclic amines) is 1. The van der Waals surface area contributed by atoms with Crippen LogP contribution in [0.4, 0.5) is 0 Å². The molecule has 0 aromatic carbocycles. The predicted molar refractivity (Wildman–Crippen MR) is 105 cm³/mol. The SMILES string of the molecule is CCOC(=O)C1CCN(C(=NC)NCCCNS(C)(=O)=O)CC1.I. The molecule has 0 aliphatic carbocycles. The van der Waals surface area contributed by atoms with Crippen molar-refractivity contribution >= 4 is 45.9 Å². The van der Waals surface area contributed by atoms with E-state index in [1.165, 1.54) is 0 Å². The Bertz CT molecular complexity index is 505. The molecule has 0 aromatic heterocycles. The lowest BCUT2D eigenvalue weighted by atomic mass is 9.97. The fraction of sp³-hybridized carbons (Fsp3) is 0.857. The Morgan fingerprint density at radius 3 is 2.42 bits per heavy atom. The molecule has 1 rings (SSSR count). The molecule has 0 saturated carbocycles. The molecular formula is C14H29IN4O4S. The van der Waals surface area contributed by atoms with Crippen molar-refractivity contribution in [2.24, 2.45) is 10.9 Å². The van der Waals surface area contributed by atoms with Gasteiger partial charge >= 0.3 is 5.97 Å². The highest BCUT2D eigenvalue weighted by Gasteiger charge is 2.27. The molecule has 1 heterocycles. The molecule has 8 nitrogen and oxygen atoms in total. The number of carbonyl (C=O) groups is 1. The highest BCUT2D eigenvalue weighted by Crippen LogP contribution is 2.18. The van der Waals surface area contributed by atoms with Gasteiger partial charge in [-0.3, -0.25) is 9.79 Å². The van der Waals surface area contributed by atoms with E-state index in [9.17, 15) is 13.2 Å². The fourth-order valence-electron chi connectivity index (χ4n) is 2.47. The van der Waals surface area contributed by atoms with Crippen molar-refractivity contribution in [2.75, 3.05) is 46.1 Å². The van der Waals surface area contributed by atoms with Crippen LogP contribution in [-0.2, 0) is 19.6 Å². The predicted octanol–water partition coefficient (Wildman–Crippen LogP) is 0.394. The smallest absolute Gasteiger partial charge is 0.309 e. The number of aliphatic imine (C=N–C) groups is 1. The molecule has 24 heavy (non-hydrogen) atoms. The maximum atomic E-state index is 11.7. The first kappa shape index (κ1) is 23.4. The van der Waals surface area contributed by atoms with Gasteiger partial charge in [0.05, 0.1) is 18.8 Å². The van der Waals surface area contributed by atoms with Gasteiger partial charge in [0.15, 0.2) is 5.96 Å². The van der Waals surface area contributed by atoms with Crippen molar-refractivity contribution in [3.05, 3.63) is 0 Å². The van der Waals surface area contributed by atoms with Crippen molar-refractivity contribution < 1.29 is 17.9 Å². The van der Waals surface area contributed by atoms with Gasteiger partial charge in [-0.1, -0.05) is 0 Å². The summed E-state index contributed by atoms with van der Waals surface area (Å²) < 4.78 is 29.4. The summed E-state index contributed by atoms with van der Waals surface area (Å²) >= 11 is 0. The summed E-state index contributed by atoms with van der Waals surface area (Å²) in [7, 11) is -1.42. The average molecular weight is 476 g/mol. The second-order valence-corrected chi connectivity index (χ2v) is 7.34. The van der Waals surface area contributed by atoms with E-state index in [4.69, 9.17) is 4.74 Å². The lowest BCUT2D eigenvalue weighted by Crippen LogP contribution is -2.47. The van der Waals surface area contributed by atoms with Gasteiger partial charge in [0.25, 0.3) is 0 Å². The van der Waals surface area contributed by atoms with Crippen LogP contribution in [0.2, 0.25) is 0 Å². The van der Waals surface area contributed by atoms with Crippen LogP contribution in [0.3, 0.4) is 0 Å². The van der Waals surface area contributed by atoms with Crippen LogP contribution in [0.1, 0.15) is 26.2 Å². The standard InChI is InChI=1S/C14H28N4O4S.HI/c1-4-22-13(19)12-6-10-18(11-7-12)14(15-2)16-8-5-9-17-23(3,20)21;/h12,17H,4-11H2,1-3H3,(H,15,16);1H. The Hall–Kier alpha value is -0.620. The third-order valence-electron chi connectivity index (χ3n) is 3.63. The van der Waals surface area contributed by atoms with Crippen LogP contribution in [0, 0.1) is 5.92 Å². The molecule has 1 aliphatic rings. The van der Waals surface area contributed by atoms with Crippen molar-refractivity contribution in [3.8, 4) is 0 Å². The zero-order valence-electron chi connectivity index (χ0n) is 14.6. The molecular weight excluding hydrogens is 447 g/mol. The average Bonchev–Trinajstić information content (AvgIpc) is 2.50. The second-order valence-electron chi connectivity index (χ2n) is 5.51. The van der Waals surface area contributed by atoms with E-state index in [1.54, 1.807) is 7.05 Å². The number of rotatable bonds is 7. The number of guanidine groups is 1. The lowest BCUT2D eigenvalue weighted by molar-refractivity contribution is -0.149. The summed E-state index contributed by atoms with van der Waals surface area (Å²) in [6, 6.07) is 0. The molecule has 0 atom stereocenters. The minimum absolute atomic E-state index is 0. The Labute approximate surface area is 161 Å². The lowest BCUT2D eigenvalue weighted by Gasteiger charge is -2.33. The van der Waals surface area contributed by atoms with E-state index in [0.717, 1.165) is 38.1 Å². The largest absolute Gasteiger partial charge is 0.466 e. The first-order valence-corrected chi connectivity index (χ1v) is 9.83. The topological polar surface area (TPSA) is 100 Å². The Balaban J connectivity index is 0.00000529. The maximum Gasteiger partial charge on any atom is 0.309 e. The summed E-state index contributed by atoms with van der Waals surface area (Å²) in [6.45, 7) is 4.78. The molecule has 1 fully saturated rings. The van der Waals surface area contributed by atoms with Crippen LogP contribution < -0.4 is 10.0 Å². The minimum Gasteiger partial charge on any atom is -0.466 e. The number of sulfonamides is 1. The number of carbonyl (C=O) groups excluding carboxylic acids is 1. The maximum absolute atomic E-state index is 11.7. The number of esters is 1. The van der Waals surface area contributed by atoms with E-state index in [0.29, 0.717) is 26.1 Å². The number of hydrogen-bond donors (Lipinski definition) is 2. The van der Waals surface area contributed by atoms with E-state index < -0.39 is 10.0 Å². The Morgan fingerprint density at radius 1 is 1.29 bits per heavy atom. The third kappa shape index (κ3) is 9.02. The number of nitrogens with zero attached hydrogens (tertiary/aromatic N) is 2. The van der Waals surface area contributed by atoms with Crippen molar-refractivity contribution in [1.82, 2.24) is 14.9 Å². The van der Waals surface area contributed by atoms with Crippen LogP contribution in [0.5, 0.6) is 0 Å². The van der Waals surface area contributed by atoms with E-state index in [2.05, 4.69) is 19.9 Å². The quantitative estimate of drug-likeness (QED) is 0.181. The van der Waals surface area contributed by atoms with Gasteiger partial charge in [0.2, 0.25) is 10.0 Å². The Morgan fingerprint density at radius 2 is 1.92 bits per heavy atom. The molecule has 0 radical (unpaired) electrons. The van der Waals surface area contributed by atoms with Gasteiger partial charge in [0.1, 0.15) is 0 Å². The molecule has 1 saturated heterocycles. The molecule has 0 spiro atoms. The van der Waals surface area contributed by atoms with Crippen molar-refractivity contribution in [2.45, 2.75) is 26.2 Å². The summed E-state index contributed by atoms with van der Waals surface area (Å²) in [6.07, 6.45) is 3.34. The zero-order valence-corrected chi connectivity index (χ0v) is 17.7. The van der Waals surface area contributed by atoms with Gasteiger partial charge in [-0.25, -0.2) is 13.1 Å². The molecule has 2 N–H and O–H groups in total. The molecule has 0 amide bonds. The van der Waals surface area contributed by atoms with Gasteiger partial charge in [-0.05, 0) is 26.2 Å². The zero-order chi connectivity index (χ0) is 17.3. The van der Waals surface area contributed by atoms with Crippen molar-refractivity contribution in [1.29, 1.82) is 0 Å². The monoisotopic (exact) mass is 476 g/mol. The number of halogens is 1. The normalized spacial score (nSPS) is 16.5. The molecule has 142 valence electrons. The van der Waals surface area contributed by atoms with Gasteiger partial charge in [-0.2, -0.15) is 0 Å². The van der Waals surface area contributed by atoms with Gasteiger partial charge < -0.3 is 15.0 Å². The molecule has 0 bridgehead atoms. The van der Waals surface area contributed by atoms with E-state index in [-0.39, 0.29) is 35.9 Å². The van der Waals surface area contributed by atoms with Crippen LogP contribution in [-0.4, -0.2) is 71.3 Å². The minimum atomic E-state index is -3.13. The van der Waals surface area contributed by atoms with Crippen molar-refractivity contribution in [3.63, 3.8) is 0 Å². The first-order valence-electron chi connectivity index (χ1n) is 7.94. The van der Waals surface area contributed by atoms with Gasteiger partial charge in [0, 0.05) is 33.2 Å². The van der Waals surface area contributed by atoms with Crippen LogP contribution >= 0.6 is 24.0 Å². The highest BCUT2D eigenvalue weighted by atomic mass is 127. The van der Waals surface area contributed by atoms with Crippen LogP contribution in [0.15, 0.2) is 4.99 Å². The fourth-order valence-corrected chi connectivity index (χ4v) is 2.98. The number of piperidine rings is 1. The summed E-state index contributed by atoms with van der Waals surface area (Å²) in [4.78, 5) is 18.1. The molecule has 0 unspecified atom stereocenters. The number of nitrogens with one attached hydrogen (secondary N) is 2. The van der Waals surface area contributed by atoms with Gasteiger partial charge in [-0.15, -0.1) is 24.0 Å². The molecule has 10 heteroatoms.